The molecule has 1 aromatic rings. The quantitative estimate of drug-likeness (QED) is 0.0590. The molecule has 1 aromatic carbocycles. The molecule has 0 saturated carbocycles. The average molecular weight is 611 g/mol. The van der Waals surface area contributed by atoms with Crippen molar-refractivity contribution < 1.29 is 43.5 Å². The van der Waals surface area contributed by atoms with Crippen LogP contribution in [0.4, 0.5) is 0 Å². The minimum Gasteiger partial charge on any atom is -0.481 e. The fourth-order valence-electron chi connectivity index (χ4n) is 2.27. The van der Waals surface area contributed by atoms with Crippen LogP contribution in [0.2, 0.25) is 0 Å². The zero-order valence-electron chi connectivity index (χ0n) is 28.4. The lowest BCUT2D eigenvalue weighted by atomic mass is 9.91. The summed E-state index contributed by atoms with van der Waals surface area (Å²) in [5, 5.41) is 8.44. The third kappa shape index (κ3) is 21.6. The lowest BCUT2D eigenvalue weighted by molar-refractivity contribution is -0.289. The molecule has 0 radical (unpaired) electrons. The van der Waals surface area contributed by atoms with Crippen LogP contribution >= 0.6 is 0 Å². The Hall–Kier alpha value is -2.75. The molecular weight excluding hydrogens is 552 g/mol. The van der Waals surface area contributed by atoms with Crippen LogP contribution in [0.5, 0.6) is 0 Å². The van der Waals surface area contributed by atoms with Crippen molar-refractivity contribution in [1.82, 2.24) is 0 Å². The van der Waals surface area contributed by atoms with E-state index in [0.29, 0.717) is 39.5 Å². The molecule has 0 aromatic heterocycles. The van der Waals surface area contributed by atoms with Gasteiger partial charge in [-0.2, -0.15) is 0 Å². The van der Waals surface area contributed by atoms with E-state index in [2.05, 4.69) is 6.58 Å². The van der Waals surface area contributed by atoms with Crippen LogP contribution in [0.3, 0.4) is 0 Å². The molecule has 0 spiro atoms. The van der Waals surface area contributed by atoms with Crippen LogP contribution in [0.1, 0.15) is 100 Å². The lowest BCUT2D eigenvalue weighted by Crippen LogP contribution is -2.27. The topological polar surface area (TPSA) is 118 Å². The first-order valence-electron chi connectivity index (χ1n) is 15.0. The predicted molar refractivity (Wildman–Crippen MR) is 169 cm³/mol. The molecule has 9 nitrogen and oxygen atoms in total. The Kier molecular flexibility index (Phi) is 22.4. The van der Waals surface area contributed by atoms with Gasteiger partial charge in [0.1, 0.15) is 19.8 Å². The Morgan fingerprint density at radius 1 is 0.721 bits per heavy atom. The number of hydrogen-bond donors (Lipinski definition) is 1. The van der Waals surface area contributed by atoms with Crippen molar-refractivity contribution in [2.75, 3.05) is 33.0 Å². The summed E-state index contributed by atoms with van der Waals surface area (Å²) in [5.74, 6) is -1.03. The first kappa shape index (κ1) is 42.4. The number of ether oxygens (including phenoxy) is 3. The van der Waals surface area contributed by atoms with Crippen molar-refractivity contribution in [3.05, 3.63) is 48.0 Å². The molecule has 0 fully saturated rings. The monoisotopic (exact) mass is 610 g/mol. The van der Waals surface area contributed by atoms with Crippen molar-refractivity contribution in [3.8, 4) is 0 Å². The van der Waals surface area contributed by atoms with Gasteiger partial charge in [0.25, 0.3) is 0 Å². The maximum atomic E-state index is 11.6. The largest absolute Gasteiger partial charge is 0.481 e. The fourth-order valence-corrected chi connectivity index (χ4v) is 2.27. The highest BCUT2D eigenvalue weighted by Gasteiger charge is 2.27. The molecule has 0 bridgehead atoms. The maximum absolute atomic E-state index is 11.6. The summed E-state index contributed by atoms with van der Waals surface area (Å²) in [6, 6.07) is 9.72. The van der Waals surface area contributed by atoms with Crippen LogP contribution in [-0.4, -0.2) is 56.0 Å². The van der Waals surface area contributed by atoms with Crippen molar-refractivity contribution in [2.45, 2.75) is 102 Å². The summed E-state index contributed by atoms with van der Waals surface area (Å²) < 4.78 is 15.7. The molecule has 248 valence electrons. The van der Waals surface area contributed by atoms with Crippen molar-refractivity contribution in [2.24, 2.45) is 16.2 Å². The zero-order chi connectivity index (χ0) is 33.5. The summed E-state index contributed by atoms with van der Waals surface area (Å²) in [5.41, 5.74) is 0.597. The average Bonchev–Trinajstić information content (AvgIpc) is 2.97. The van der Waals surface area contributed by atoms with Gasteiger partial charge in [0, 0.05) is 6.61 Å². The number of benzene rings is 1. The highest BCUT2D eigenvalue weighted by molar-refractivity contribution is 5.76. The number of esters is 2. The number of rotatable bonds is 18. The second-order valence-corrected chi connectivity index (χ2v) is 12.2. The molecule has 9 heteroatoms. The number of hydrogen-bond acceptors (Lipinski definition) is 8. The third-order valence-electron chi connectivity index (χ3n) is 6.91. The Morgan fingerprint density at radius 2 is 1.23 bits per heavy atom. The molecule has 0 saturated heterocycles. The summed E-state index contributed by atoms with van der Waals surface area (Å²) >= 11 is 0. The molecule has 0 amide bonds. The van der Waals surface area contributed by atoms with Gasteiger partial charge < -0.3 is 19.3 Å². The van der Waals surface area contributed by atoms with Gasteiger partial charge in [-0.3, -0.25) is 14.4 Å². The van der Waals surface area contributed by atoms with Gasteiger partial charge in [0.2, 0.25) is 0 Å². The normalized spacial score (nSPS) is 11.3. The smallest absolute Gasteiger partial charge is 0.311 e. The minimum absolute atomic E-state index is 0.131. The van der Waals surface area contributed by atoms with E-state index in [1.54, 1.807) is 13.8 Å². The Labute approximate surface area is 260 Å². The Bertz CT molecular complexity index is 921. The van der Waals surface area contributed by atoms with Crippen molar-refractivity contribution in [3.63, 3.8) is 0 Å². The minimum atomic E-state index is -0.722. The molecule has 0 atom stereocenters. The maximum Gasteiger partial charge on any atom is 0.311 e. The van der Waals surface area contributed by atoms with Crippen LogP contribution in [0.25, 0.3) is 0 Å². The van der Waals surface area contributed by atoms with Crippen LogP contribution in [-0.2, 0) is 45.0 Å². The fraction of sp³-hybridized carbons (Fsp3) is 0.676. The van der Waals surface area contributed by atoms with Gasteiger partial charge in [-0.15, -0.1) is 0 Å². The summed E-state index contributed by atoms with van der Waals surface area (Å²) in [4.78, 5) is 43.3. The van der Waals surface area contributed by atoms with E-state index in [1.165, 1.54) is 0 Å². The first-order valence-corrected chi connectivity index (χ1v) is 15.0. The van der Waals surface area contributed by atoms with E-state index in [4.69, 9.17) is 29.1 Å². The van der Waals surface area contributed by atoms with E-state index in [0.717, 1.165) is 30.4 Å². The van der Waals surface area contributed by atoms with Gasteiger partial charge in [0.15, 0.2) is 0 Å². The number of aliphatic carboxylic acids is 1. The Morgan fingerprint density at radius 3 is 1.67 bits per heavy atom. The SMILES string of the molecule is C=C(C)COOCCCOCCOC(=O)C(C)(C)CC.CCC(C)(C)C(=O)O.CCC(C)(C)C(=O)OCc1ccccc1. The van der Waals surface area contributed by atoms with Gasteiger partial charge in [-0.25, -0.2) is 9.78 Å². The summed E-state index contributed by atoms with van der Waals surface area (Å²) in [6.45, 7) is 24.8. The molecule has 1 N–H and O–H groups in total. The molecule has 0 aliphatic rings. The standard InChI is InChI=1S/C15H28O5.C13H18O2.C6H12O2/c1-6-15(4,5)14(16)18-11-10-17-8-7-9-19-20-12-13(2)3;1-4-13(2,3)12(14)15-10-11-8-6-5-7-9-11;1-4-6(2,3)5(7)8/h2,6-12H2,1,3-5H3;5-9H,4,10H2,1-3H3;4H2,1-3H3,(H,7,8). The second kappa shape index (κ2) is 22.7. The Balaban J connectivity index is 0. The van der Waals surface area contributed by atoms with E-state index in [-0.39, 0.29) is 24.0 Å². The molecule has 0 unspecified atom stereocenters. The molecule has 43 heavy (non-hydrogen) atoms. The van der Waals surface area contributed by atoms with E-state index in [1.807, 2.05) is 85.7 Å². The lowest BCUT2D eigenvalue weighted by Gasteiger charge is -2.20. The number of carboxylic acid groups (broad SMARTS) is 1. The van der Waals surface area contributed by atoms with E-state index >= 15 is 0 Å². The zero-order valence-corrected chi connectivity index (χ0v) is 28.4. The van der Waals surface area contributed by atoms with Gasteiger partial charge in [0.05, 0.1) is 29.5 Å². The molecule has 1 rings (SSSR count). The van der Waals surface area contributed by atoms with Crippen molar-refractivity contribution in [1.29, 1.82) is 0 Å². The van der Waals surface area contributed by atoms with Gasteiger partial charge in [-0.05, 0) is 79.7 Å². The number of carbonyl (C=O) groups is 3. The number of carboxylic acids is 1. The molecule has 0 heterocycles. The van der Waals surface area contributed by atoms with Crippen molar-refractivity contribution >= 4 is 17.9 Å². The van der Waals surface area contributed by atoms with Crippen LogP contribution in [0, 0.1) is 16.2 Å². The van der Waals surface area contributed by atoms with Gasteiger partial charge >= 0.3 is 17.9 Å². The molecule has 0 aliphatic carbocycles. The molecular formula is C34H58O9. The summed E-state index contributed by atoms with van der Waals surface area (Å²) in [6.07, 6.45) is 2.96. The van der Waals surface area contributed by atoms with E-state index < -0.39 is 16.8 Å². The van der Waals surface area contributed by atoms with Crippen LogP contribution < -0.4 is 0 Å². The summed E-state index contributed by atoms with van der Waals surface area (Å²) in [7, 11) is 0. The van der Waals surface area contributed by atoms with E-state index in [9.17, 15) is 14.4 Å². The highest BCUT2D eigenvalue weighted by Crippen LogP contribution is 2.22. The number of carbonyl (C=O) groups excluding carboxylic acids is 2. The van der Waals surface area contributed by atoms with Crippen LogP contribution in [0.15, 0.2) is 42.5 Å². The highest BCUT2D eigenvalue weighted by atomic mass is 17.2. The predicted octanol–water partition coefficient (Wildman–Crippen LogP) is 7.57. The first-order chi connectivity index (χ1) is 20.0. The van der Waals surface area contributed by atoms with Gasteiger partial charge in [-0.1, -0.05) is 63.3 Å². The third-order valence-corrected chi connectivity index (χ3v) is 6.91. The molecule has 0 aliphatic heterocycles. The second-order valence-electron chi connectivity index (χ2n) is 12.2.